The number of allylic oxidation sites excluding steroid dienone is 2. The Hall–Kier alpha value is -5.11. The fourth-order valence-corrected chi connectivity index (χ4v) is 7.11. The predicted octanol–water partition coefficient (Wildman–Crippen LogP) is 5.96. The summed E-state index contributed by atoms with van der Waals surface area (Å²) in [6.07, 6.45) is 3.05. The maximum absolute atomic E-state index is 13.4. The van der Waals surface area contributed by atoms with Gasteiger partial charge in [0.15, 0.2) is 12.4 Å². The Morgan fingerprint density at radius 2 is 1.68 bits per heavy atom. The molecule has 2 heterocycles. The number of carbonyl (C=O) groups excluding carboxylic acids is 4. The number of carbonyl (C=O) groups is 4. The van der Waals surface area contributed by atoms with Crippen molar-refractivity contribution >= 4 is 40.2 Å². The maximum Gasteiger partial charge on any atom is 0.339 e. The third kappa shape index (κ3) is 4.40. The third-order valence-electron chi connectivity index (χ3n) is 9.29. The molecule has 3 aliphatic rings. The van der Waals surface area contributed by atoms with Gasteiger partial charge in [-0.3, -0.25) is 19.3 Å². The Labute approximate surface area is 254 Å². The number of pyridine rings is 1. The van der Waals surface area contributed by atoms with E-state index in [0.29, 0.717) is 39.2 Å². The van der Waals surface area contributed by atoms with Crippen LogP contribution in [0.15, 0.2) is 84.4 Å². The fourth-order valence-electron chi connectivity index (χ4n) is 7.11. The Bertz CT molecular complexity index is 1910. The Balaban J connectivity index is 1.16. The number of esters is 1. The average molecular weight is 587 g/mol. The highest BCUT2D eigenvalue weighted by molar-refractivity contribution is 6.23. The van der Waals surface area contributed by atoms with Crippen molar-refractivity contribution in [2.75, 3.05) is 18.6 Å². The Kier molecular flexibility index (Phi) is 6.65. The van der Waals surface area contributed by atoms with Crippen molar-refractivity contribution in [2.24, 2.45) is 23.7 Å². The largest absolute Gasteiger partial charge is 0.497 e. The molecule has 2 aliphatic carbocycles. The summed E-state index contributed by atoms with van der Waals surface area (Å²) in [5.41, 5.74) is 5.15. The number of ether oxygens (including phenoxy) is 2. The zero-order chi connectivity index (χ0) is 30.7. The van der Waals surface area contributed by atoms with E-state index in [1.54, 1.807) is 60.7 Å². The van der Waals surface area contributed by atoms with Crippen LogP contribution in [0.4, 0.5) is 5.69 Å². The van der Waals surface area contributed by atoms with Gasteiger partial charge in [-0.1, -0.05) is 54.1 Å². The third-order valence-corrected chi connectivity index (χ3v) is 9.29. The first-order chi connectivity index (χ1) is 21.2. The van der Waals surface area contributed by atoms with Crippen LogP contribution in [0.3, 0.4) is 0 Å². The summed E-state index contributed by atoms with van der Waals surface area (Å²) in [5, 5.41) is 0.613. The molecule has 2 amide bonds. The number of ketones is 1. The molecule has 1 aliphatic heterocycles. The smallest absolute Gasteiger partial charge is 0.339 e. The van der Waals surface area contributed by atoms with Gasteiger partial charge in [-0.05, 0) is 68.0 Å². The highest BCUT2D eigenvalue weighted by Crippen LogP contribution is 2.56. The van der Waals surface area contributed by atoms with Crippen molar-refractivity contribution in [3.8, 4) is 17.0 Å². The number of hydrogen-bond donors (Lipinski definition) is 0. The van der Waals surface area contributed by atoms with E-state index < -0.39 is 12.6 Å². The first-order valence-corrected chi connectivity index (χ1v) is 14.7. The molecule has 1 saturated heterocycles. The van der Waals surface area contributed by atoms with E-state index in [9.17, 15) is 19.2 Å². The molecular formula is C36H30N2O6. The molecule has 0 spiro atoms. The number of para-hydroxylation sites is 1. The highest BCUT2D eigenvalue weighted by Gasteiger charge is 2.60. The summed E-state index contributed by atoms with van der Waals surface area (Å²) < 4.78 is 10.7. The summed E-state index contributed by atoms with van der Waals surface area (Å²) in [5.74, 6) is -0.963. The lowest BCUT2D eigenvalue weighted by Gasteiger charge is -2.19. The lowest BCUT2D eigenvalue weighted by Crippen LogP contribution is -2.32. The van der Waals surface area contributed by atoms with Crippen LogP contribution >= 0.6 is 0 Å². The normalized spacial score (nSPS) is 21.9. The minimum Gasteiger partial charge on any atom is -0.497 e. The maximum atomic E-state index is 13.4. The van der Waals surface area contributed by atoms with Gasteiger partial charge in [0.05, 0.1) is 41.4 Å². The number of fused-ring (bicyclic) bond motifs is 6. The molecular weight excluding hydrogens is 556 g/mol. The van der Waals surface area contributed by atoms with Crippen molar-refractivity contribution in [1.82, 2.24) is 4.98 Å². The molecule has 4 atom stereocenters. The van der Waals surface area contributed by atoms with E-state index >= 15 is 0 Å². The Morgan fingerprint density at radius 3 is 2.45 bits per heavy atom. The first-order valence-electron chi connectivity index (χ1n) is 14.7. The lowest BCUT2D eigenvalue weighted by molar-refractivity contribution is -0.123. The second-order valence-electron chi connectivity index (χ2n) is 11.8. The van der Waals surface area contributed by atoms with Crippen molar-refractivity contribution in [2.45, 2.75) is 20.3 Å². The molecule has 0 N–H and O–H groups in total. The molecule has 0 radical (unpaired) electrons. The van der Waals surface area contributed by atoms with Crippen molar-refractivity contribution < 1.29 is 28.7 Å². The van der Waals surface area contributed by atoms with E-state index in [0.717, 1.165) is 12.0 Å². The minimum atomic E-state index is -0.643. The summed E-state index contributed by atoms with van der Waals surface area (Å²) in [7, 11) is 1.52. The number of nitrogens with zero attached hydrogens (tertiary/aromatic N) is 2. The molecule has 7 rings (SSSR count). The second kappa shape index (κ2) is 10.6. The van der Waals surface area contributed by atoms with Crippen LogP contribution in [0.25, 0.3) is 22.2 Å². The van der Waals surface area contributed by atoms with Crippen LogP contribution in [0, 0.1) is 30.6 Å². The van der Waals surface area contributed by atoms with Gasteiger partial charge in [-0.25, -0.2) is 9.78 Å². The number of Topliss-reactive ketones (excluding diaryl/α,β-unsaturated/α-hetero) is 1. The zero-order valence-corrected chi connectivity index (χ0v) is 24.6. The molecule has 1 aromatic heterocycles. The summed E-state index contributed by atoms with van der Waals surface area (Å²) in [6, 6.07) is 21.0. The van der Waals surface area contributed by atoms with Crippen molar-refractivity contribution in [1.29, 1.82) is 0 Å². The van der Waals surface area contributed by atoms with Gasteiger partial charge in [0.1, 0.15) is 5.75 Å². The van der Waals surface area contributed by atoms with Crippen molar-refractivity contribution in [3.63, 3.8) is 0 Å². The van der Waals surface area contributed by atoms with Gasteiger partial charge >= 0.3 is 5.97 Å². The Morgan fingerprint density at radius 1 is 0.932 bits per heavy atom. The number of amides is 2. The molecule has 3 aromatic carbocycles. The number of anilines is 1. The topological polar surface area (TPSA) is 103 Å². The van der Waals surface area contributed by atoms with Gasteiger partial charge in [0.2, 0.25) is 11.8 Å². The molecule has 8 nitrogen and oxygen atoms in total. The van der Waals surface area contributed by atoms with Crippen LogP contribution in [-0.2, 0) is 14.3 Å². The number of hydrogen-bond acceptors (Lipinski definition) is 7. The summed E-state index contributed by atoms with van der Waals surface area (Å²) in [4.78, 5) is 59.1. The van der Waals surface area contributed by atoms with Gasteiger partial charge in [-0.2, -0.15) is 0 Å². The molecule has 4 aromatic rings. The second-order valence-corrected chi connectivity index (χ2v) is 11.8. The summed E-state index contributed by atoms with van der Waals surface area (Å²) in [6.45, 7) is 3.54. The van der Waals surface area contributed by atoms with Gasteiger partial charge in [0.25, 0.3) is 0 Å². The number of benzene rings is 3. The molecule has 44 heavy (non-hydrogen) atoms. The van der Waals surface area contributed by atoms with Crippen LogP contribution in [0.5, 0.6) is 5.75 Å². The number of aryl methyl sites for hydroxylation is 1. The molecule has 2 fully saturated rings. The highest BCUT2D eigenvalue weighted by atomic mass is 16.5. The van der Waals surface area contributed by atoms with E-state index in [-0.39, 0.29) is 46.8 Å². The van der Waals surface area contributed by atoms with Crippen LogP contribution in [-0.4, -0.2) is 42.3 Å². The zero-order valence-electron chi connectivity index (χ0n) is 24.6. The quantitative estimate of drug-likeness (QED) is 0.114. The summed E-state index contributed by atoms with van der Waals surface area (Å²) >= 11 is 0. The van der Waals surface area contributed by atoms with Crippen LogP contribution < -0.4 is 9.64 Å². The van der Waals surface area contributed by atoms with E-state index in [1.165, 1.54) is 17.6 Å². The molecule has 8 heteroatoms. The SMILES string of the molecule is COc1cccc(C(=O)COC(=O)c2cc(-c3ccc(N4C(=O)C5C6C=C(C)C(C6)C5C4=O)cc3)nc3c(C)cccc23)c1. The van der Waals surface area contributed by atoms with Crippen LogP contribution in [0.1, 0.15) is 39.6 Å². The molecule has 2 bridgehead atoms. The first kappa shape index (κ1) is 27.7. The van der Waals surface area contributed by atoms with Gasteiger partial charge < -0.3 is 9.47 Å². The van der Waals surface area contributed by atoms with E-state index in [1.807, 2.05) is 19.1 Å². The number of imide groups is 1. The monoisotopic (exact) mass is 586 g/mol. The van der Waals surface area contributed by atoms with Crippen molar-refractivity contribution in [3.05, 3.63) is 101 Å². The lowest BCUT2D eigenvalue weighted by atomic mass is 9.82. The molecule has 4 unspecified atom stereocenters. The number of methoxy groups -OCH3 is 1. The fraction of sp³-hybridized carbons (Fsp3) is 0.250. The standard InChI is InChI=1S/C36H30N2O6/c1-19-6-4-9-26-28(36(42)44-18-30(39)22-7-5-8-25(15-22)43-3)17-29(37-33(19)26)21-10-12-24(13-11-21)38-34(40)31-23-14-20(2)27(16-23)32(31)35(38)41/h4-15,17,23,27,31-32H,16,18H2,1-3H3. The van der Waals surface area contributed by atoms with Crippen LogP contribution in [0.2, 0.25) is 0 Å². The van der Waals surface area contributed by atoms with E-state index in [2.05, 4.69) is 13.0 Å². The van der Waals surface area contributed by atoms with E-state index in [4.69, 9.17) is 14.5 Å². The molecule has 1 saturated carbocycles. The molecule has 220 valence electrons. The van der Waals surface area contributed by atoms with Gasteiger partial charge in [0, 0.05) is 16.5 Å². The minimum absolute atomic E-state index is 0.124. The number of aromatic nitrogens is 1. The number of rotatable bonds is 7. The predicted molar refractivity (Wildman–Crippen MR) is 164 cm³/mol. The average Bonchev–Trinajstić information content (AvgIpc) is 3.69. The van der Waals surface area contributed by atoms with Gasteiger partial charge in [-0.15, -0.1) is 0 Å².